The Morgan fingerprint density at radius 1 is 1.06 bits per heavy atom. The lowest BCUT2D eigenvalue weighted by Crippen LogP contribution is -2.23. The highest BCUT2D eigenvalue weighted by Gasteiger charge is 2.21. The van der Waals surface area contributed by atoms with Crippen molar-refractivity contribution in [3.63, 3.8) is 0 Å². The Hall–Kier alpha value is -3.20. The van der Waals surface area contributed by atoms with Gasteiger partial charge in [0, 0.05) is 29.4 Å². The largest absolute Gasteiger partial charge is 0.497 e. The molecular formula is C23H29N5O3S. The number of hydrogen-bond acceptors (Lipinski definition) is 7. The Balaban J connectivity index is 1.71. The van der Waals surface area contributed by atoms with Crippen LogP contribution in [0.5, 0.6) is 11.5 Å². The zero-order valence-electron chi connectivity index (χ0n) is 19.2. The molecule has 3 aromatic rings. The van der Waals surface area contributed by atoms with Crippen LogP contribution in [0.25, 0.3) is 11.4 Å². The van der Waals surface area contributed by atoms with Crippen LogP contribution in [0, 0.1) is 0 Å². The molecule has 9 heteroatoms. The molecule has 0 fully saturated rings. The predicted octanol–water partition coefficient (Wildman–Crippen LogP) is 4.09. The van der Waals surface area contributed by atoms with Gasteiger partial charge in [-0.3, -0.25) is 4.79 Å². The molecule has 3 rings (SSSR count). The van der Waals surface area contributed by atoms with Crippen LogP contribution < -0.4 is 20.6 Å². The van der Waals surface area contributed by atoms with Gasteiger partial charge in [0.15, 0.2) is 5.82 Å². The molecule has 8 nitrogen and oxygen atoms in total. The minimum Gasteiger partial charge on any atom is -0.497 e. The zero-order chi connectivity index (χ0) is 23.5. The van der Waals surface area contributed by atoms with E-state index < -0.39 is 5.25 Å². The summed E-state index contributed by atoms with van der Waals surface area (Å²) >= 11 is 1.23. The van der Waals surface area contributed by atoms with Gasteiger partial charge in [0.1, 0.15) is 11.5 Å². The number of carbonyl (C=O) groups excluding carboxylic acids is 1. The Kier molecular flexibility index (Phi) is 6.98. The van der Waals surface area contributed by atoms with Crippen LogP contribution in [0.1, 0.15) is 33.3 Å². The first-order chi connectivity index (χ1) is 15.1. The van der Waals surface area contributed by atoms with E-state index in [1.54, 1.807) is 39.3 Å². The maximum absolute atomic E-state index is 12.7. The summed E-state index contributed by atoms with van der Waals surface area (Å²) in [7, 11) is 3.11. The number of thioether (sulfide) groups is 1. The van der Waals surface area contributed by atoms with Gasteiger partial charge in [0.25, 0.3) is 0 Å². The number of nitrogens with zero attached hydrogens (tertiary/aromatic N) is 3. The maximum Gasteiger partial charge on any atom is 0.237 e. The number of nitrogens with one attached hydrogen (secondary N) is 1. The first-order valence-electron chi connectivity index (χ1n) is 10.1. The third-order valence-electron chi connectivity index (χ3n) is 4.94. The summed E-state index contributed by atoms with van der Waals surface area (Å²) in [6.07, 6.45) is 0. The predicted molar refractivity (Wildman–Crippen MR) is 128 cm³/mol. The molecule has 0 spiro atoms. The van der Waals surface area contributed by atoms with Crippen molar-refractivity contribution < 1.29 is 14.3 Å². The summed E-state index contributed by atoms with van der Waals surface area (Å²) in [5.41, 5.74) is 2.72. The lowest BCUT2D eigenvalue weighted by Gasteiger charge is -2.19. The number of methoxy groups -OCH3 is 2. The fourth-order valence-corrected chi connectivity index (χ4v) is 3.78. The standard InChI is InChI=1S/C23H29N5O3S/c1-14(21(29)25-17-11-18(30-5)13-19(12-17)31-6)32-22-27-26-20(28(22)24)15-7-9-16(10-8-15)23(2,3)4/h7-14H,24H2,1-6H3,(H,25,29). The van der Waals surface area contributed by atoms with Gasteiger partial charge in [-0.2, -0.15) is 0 Å². The van der Waals surface area contributed by atoms with Crippen molar-refractivity contribution in [3.8, 4) is 22.9 Å². The second-order valence-electron chi connectivity index (χ2n) is 8.35. The van der Waals surface area contributed by atoms with Crippen molar-refractivity contribution in [2.75, 3.05) is 25.4 Å². The summed E-state index contributed by atoms with van der Waals surface area (Å²) in [5.74, 6) is 7.75. The van der Waals surface area contributed by atoms with Crippen molar-refractivity contribution in [3.05, 3.63) is 48.0 Å². The fraction of sp³-hybridized carbons (Fsp3) is 0.348. The third-order valence-corrected chi connectivity index (χ3v) is 6.00. The van der Waals surface area contributed by atoms with Gasteiger partial charge < -0.3 is 20.6 Å². The molecule has 0 aliphatic rings. The molecule has 0 bridgehead atoms. The number of anilines is 1. The quantitative estimate of drug-likeness (QED) is 0.408. The minimum atomic E-state index is -0.463. The van der Waals surface area contributed by atoms with Gasteiger partial charge in [-0.1, -0.05) is 56.8 Å². The van der Waals surface area contributed by atoms with Crippen molar-refractivity contribution >= 4 is 23.4 Å². The van der Waals surface area contributed by atoms with Crippen LogP contribution in [0.4, 0.5) is 5.69 Å². The highest BCUT2D eigenvalue weighted by Crippen LogP contribution is 2.29. The average molecular weight is 456 g/mol. The molecule has 32 heavy (non-hydrogen) atoms. The van der Waals surface area contributed by atoms with Crippen LogP contribution in [0.15, 0.2) is 47.6 Å². The Bertz CT molecular complexity index is 1070. The number of ether oxygens (including phenoxy) is 2. The smallest absolute Gasteiger partial charge is 0.237 e. The van der Waals surface area contributed by atoms with E-state index >= 15 is 0 Å². The molecule has 0 aliphatic heterocycles. The number of benzene rings is 2. The van der Waals surface area contributed by atoms with Gasteiger partial charge in [-0.25, -0.2) is 4.68 Å². The van der Waals surface area contributed by atoms with Crippen LogP contribution in [0.3, 0.4) is 0 Å². The number of nitrogen functional groups attached to an aromatic ring is 1. The zero-order valence-corrected chi connectivity index (χ0v) is 20.0. The number of rotatable bonds is 7. The summed E-state index contributed by atoms with van der Waals surface area (Å²) in [6.45, 7) is 8.27. The Morgan fingerprint density at radius 2 is 1.66 bits per heavy atom. The van der Waals surface area contributed by atoms with E-state index in [0.29, 0.717) is 28.2 Å². The van der Waals surface area contributed by atoms with Gasteiger partial charge in [0.2, 0.25) is 11.1 Å². The maximum atomic E-state index is 12.7. The topological polar surface area (TPSA) is 104 Å². The van der Waals surface area contributed by atoms with Gasteiger partial charge >= 0.3 is 0 Å². The van der Waals surface area contributed by atoms with Gasteiger partial charge in [-0.05, 0) is 17.9 Å². The molecule has 1 heterocycles. The molecule has 2 aromatic carbocycles. The number of carbonyl (C=O) groups is 1. The molecule has 170 valence electrons. The number of hydrogen-bond donors (Lipinski definition) is 2. The average Bonchev–Trinajstić information content (AvgIpc) is 3.12. The normalized spacial score (nSPS) is 12.3. The van der Waals surface area contributed by atoms with Crippen LogP contribution in [0.2, 0.25) is 0 Å². The number of aromatic nitrogens is 3. The Labute approximate surface area is 192 Å². The van der Waals surface area contributed by atoms with Crippen LogP contribution in [-0.4, -0.2) is 40.3 Å². The molecule has 0 saturated heterocycles. The summed E-state index contributed by atoms with van der Waals surface area (Å²) < 4.78 is 11.9. The van der Waals surface area contributed by atoms with Crippen molar-refractivity contribution in [1.82, 2.24) is 14.9 Å². The van der Waals surface area contributed by atoms with E-state index in [-0.39, 0.29) is 11.3 Å². The van der Waals surface area contributed by atoms with Crippen LogP contribution >= 0.6 is 11.8 Å². The van der Waals surface area contributed by atoms with Gasteiger partial charge in [-0.15, -0.1) is 10.2 Å². The molecule has 1 amide bonds. The third kappa shape index (κ3) is 5.34. The van der Waals surface area contributed by atoms with Gasteiger partial charge in [0.05, 0.1) is 19.5 Å². The first kappa shape index (κ1) is 23.5. The van der Waals surface area contributed by atoms with E-state index in [9.17, 15) is 4.79 Å². The SMILES string of the molecule is COc1cc(NC(=O)C(C)Sc2nnc(-c3ccc(C(C)(C)C)cc3)n2N)cc(OC)c1. The lowest BCUT2D eigenvalue weighted by atomic mass is 9.87. The van der Waals surface area contributed by atoms with Crippen molar-refractivity contribution in [2.24, 2.45) is 0 Å². The molecule has 0 saturated carbocycles. The lowest BCUT2D eigenvalue weighted by molar-refractivity contribution is -0.115. The minimum absolute atomic E-state index is 0.0610. The summed E-state index contributed by atoms with van der Waals surface area (Å²) in [5, 5.41) is 11.3. The molecular weight excluding hydrogens is 426 g/mol. The second-order valence-corrected chi connectivity index (χ2v) is 9.66. The summed E-state index contributed by atoms with van der Waals surface area (Å²) in [6, 6.07) is 13.3. The van der Waals surface area contributed by atoms with E-state index in [0.717, 1.165) is 5.56 Å². The van der Waals surface area contributed by atoms with E-state index in [1.165, 1.54) is 22.0 Å². The molecule has 3 N–H and O–H groups in total. The van der Waals surface area contributed by atoms with Crippen LogP contribution in [-0.2, 0) is 10.2 Å². The number of amides is 1. The monoisotopic (exact) mass is 455 g/mol. The van der Waals surface area contributed by atoms with Crippen molar-refractivity contribution in [1.29, 1.82) is 0 Å². The molecule has 0 radical (unpaired) electrons. The number of nitrogens with two attached hydrogens (primary N) is 1. The van der Waals surface area contributed by atoms with E-state index in [1.807, 2.05) is 12.1 Å². The second kappa shape index (κ2) is 9.52. The highest BCUT2D eigenvalue weighted by atomic mass is 32.2. The van der Waals surface area contributed by atoms with Crippen molar-refractivity contribution in [2.45, 2.75) is 43.5 Å². The van der Waals surface area contributed by atoms with E-state index in [4.69, 9.17) is 15.3 Å². The molecule has 0 aliphatic carbocycles. The molecule has 1 unspecified atom stereocenters. The Morgan fingerprint density at radius 3 is 2.19 bits per heavy atom. The van der Waals surface area contributed by atoms with E-state index in [2.05, 4.69) is 48.4 Å². The summed E-state index contributed by atoms with van der Waals surface area (Å²) in [4.78, 5) is 12.7. The highest BCUT2D eigenvalue weighted by molar-refractivity contribution is 8.00. The molecule has 1 atom stereocenters. The fourth-order valence-electron chi connectivity index (χ4n) is 3.01. The molecule has 1 aromatic heterocycles. The first-order valence-corrected chi connectivity index (χ1v) is 11.0.